The van der Waals surface area contributed by atoms with E-state index in [1.807, 2.05) is 0 Å². The molecule has 7 nitrogen and oxygen atoms in total. The van der Waals surface area contributed by atoms with Crippen molar-refractivity contribution in [1.82, 2.24) is 10.6 Å². The van der Waals surface area contributed by atoms with Gasteiger partial charge in [-0.1, -0.05) is 30.3 Å². The van der Waals surface area contributed by atoms with E-state index in [9.17, 15) is 23.0 Å². The Labute approximate surface area is 176 Å². The number of rotatable bonds is 10. The SMILES string of the molecule is CC(=O)N[C@@H](Cc1ccc(F)cc1)C(=O)N[C@H](CC[S@@](=O)c1ccccc1)C(N)=O. The average Bonchev–Trinajstić information content (AvgIpc) is 2.71. The molecular weight excluding hydrogens is 409 g/mol. The smallest absolute Gasteiger partial charge is 0.243 e. The number of primary amides is 1. The van der Waals surface area contributed by atoms with Crippen LogP contribution in [0.3, 0.4) is 0 Å². The summed E-state index contributed by atoms with van der Waals surface area (Å²) in [7, 11) is -1.35. The van der Waals surface area contributed by atoms with Gasteiger partial charge in [0.2, 0.25) is 17.7 Å². The molecule has 0 radical (unpaired) electrons. The number of carbonyl (C=O) groups excluding carboxylic acids is 3. The average molecular weight is 434 g/mol. The van der Waals surface area contributed by atoms with E-state index in [2.05, 4.69) is 10.6 Å². The van der Waals surface area contributed by atoms with Crippen molar-refractivity contribution >= 4 is 28.5 Å². The number of nitrogens with one attached hydrogen (secondary N) is 2. The van der Waals surface area contributed by atoms with Crippen LogP contribution in [-0.2, 0) is 31.6 Å². The number of hydrogen-bond donors (Lipinski definition) is 3. The molecule has 0 saturated carbocycles. The third-order valence-corrected chi connectivity index (χ3v) is 5.71. The molecule has 30 heavy (non-hydrogen) atoms. The molecule has 2 aromatic carbocycles. The topological polar surface area (TPSA) is 118 Å². The van der Waals surface area contributed by atoms with Gasteiger partial charge in [0.05, 0.1) is 10.8 Å². The van der Waals surface area contributed by atoms with Gasteiger partial charge in [-0.15, -0.1) is 0 Å². The van der Waals surface area contributed by atoms with Crippen molar-refractivity contribution in [1.29, 1.82) is 0 Å². The molecule has 2 aromatic rings. The van der Waals surface area contributed by atoms with Crippen LogP contribution in [0.15, 0.2) is 59.5 Å². The van der Waals surface area contributed by atoms with E-state index in [-0.39, 0.29) is 18.6 Å². The molecule has 0 aliphatic carbocycles. The van der Waals surface area contributed by atoms with Gasteiger partial charge in [0.25, 0.3) is 0 Å². The zero-order chi connectivity index (χ0) is 22.1. The zero-order valence-corrected chi connectivity index (χ0v) is 17.3. The van der Waals surface area contributed by atoms with E-state index >= 15 is 0 Å². The van der Waals surface area contributed by atoms with Crippen LogP contribution >= 0.6 is 0 Å². The van der Waals surface area contributed by atoms with E-state index in [1.165, 1.54) is 31.2 Å². The fourth-order valence-corrected chi connectivity index (χ4v) is 3.93. The Balaban J connectivity index is 2.03. The summed E-state index contributed by atoms with van der Waals surface area (Å²) in [6.07, 6.45) is 0.180. The second kappa shape index (κ2) is 11.2. The number of amides is 3. The molecule has 0 spiro atoms. The minimum Gasteiger partial charge on any atom is -0.368 e. The van der Waals surface area contributed by atoms with E-state index < -0.39 is 46.4 Å². The van der Waals surface area contributed by atoms with Gasteiger partial charge in [-0.2, -0.15) is 0 Å². The van der Waals surface area contributed by atoms with Gasteiger partial charge in [-0.05, 0) is 36.2 Å². The van der Waals surface area contributed by atoms with Gasteiger partial charge in [-0.3, -0.25) is 18.6 Å². The molecule has 0 aliphatic heterocycles. The van der Waals surface area contributed by atoms with E-state index in [0.29, 0.717) is 10.5 Å². The molecule has 0 fully saturated rings. The molecule has 0 aliphatic rings. The molecule has 0 saturated heterocycles. The molecular formula is C21H24FN3O4S. The van der Waals surface area contributed by atoms with Crippen molar-refractivity contribution in [3.63, 3.8) is 0 Å². The zero-order valence-electron chi connectivity index (χ0n) is 16.5. The lowest BCUT2D eigenvalue weighted by molar-refractivity contribution is -0.130. The lowest BCUT2D eigenvalue weighted by Crippen LogP contribution is -2.53. The van der Waals surface area contributed by atoms with Gasteiger partial charge in [-0.25, -0.2) is 4.39 Å². The van der Waals surface area contributed by atoms with E-state index in [0.717, 1.165) is 0 Å². The Morgan fingerprint density at radius 3 is 2.20 bits per heavy atom. The first kappa shape index (κ1) is 23.2. The normalized spacial score (nSPS) is 13.7. The van der Waals surface area contributed by atoms with Gasteiger partial charge in [0.1, 0.15) is 17.9 Å². The molecule has 4 N–H and O–H groups in total. The largest absolute Gasteiger partial charge is 0.368 e. The maximum Gasteiger partial charge on any atom is 0.243 e. The number of carbonyl (C=O) groups is 3. The molecule has 0 aromatic heterocycles. The predicted molar refractivity (Wildman–Crippen MR) is 111 cm³/mol. The highest BCUT2D eigenvalue weighted by atomic mass is 32.2. The Morgan fingerprint density at radius 2 is 1.63 bits per heavy atom. The molecule has 3 amide bonds. The van der Waals surface area contributed by atoms with Crippen molar-refractivity contribution in [3.8, 4) is 0 Å². The summed E-state index contributed by atoms with van der Waals surface area (Å²) in [4.78, 5) is 36.6. The maximum atomic E-state index is 13.1. The minimum absolute atomic E-state index is 0.0753. The third kappa shape index (κ3) is 7.40. The van der Waals surface area contributed by atoms with Crippen molar-refractivity contribution in [2.45, 2.75) is 36.7 Å². The summed E-state index contributed by atoms with van der Waals surface area (Å²) in [6.45, 7) is 1.26. The molecule has 160 valence electrons. The first-order valence-corrected chi connectivity index (χ1v) is 10.6. The summed E-state index contributed by atoms with van der Waals surface area (Å²) in [5.41, 5.74) is 6.03. The van der Waals surface area contributed by atoms with Crippen LogP contribution < -0.4 is 16.4 Å². The maximum absolute atomic E-state index is 13.1. The Kier molecular flexibility index (Phi) is 8.67. The Bertz CT molecular complexity index is 906. The van der Waals surface area contributed by atoms with Crippen LogP contribution in [0.5, 0.6) is 0 Å². The molecule has 2 rings (SSSR count). The fraction of sp³-hybridized carbons (Fsp3) is 0.286. The van der Waals surface area contributed by atoms with Crippen LogP contribution in [0.2, 0.25) is 0 Å². The van der Waals surface area contributed by atoms with Crippen molar-refractivity contribution < 1.29 is 23.0 Å². The third-order valence-electron chi connectivity index (χ3n) is 4.31. The summed E-state index contributed by atoms with van der Waals surface area (Å²) < 4.78 is 25.5. The first-order chi connectivity index (χ1) is 14.3. The van der Waals surface area contributed by atoms with Crippen LogP contribution in [0, 0.1) is 5.82 Å². The van der Waals surface area contributed by atoms with E-state index in [4.69, 9.17) is 5.73 Å². The standard InChI is InChI=1S/C21H24FN3O4S/c1-14(26)24-19(13-15-7-9-16(22)10-8-15)21(28)25-18(20(23)27)11-12-30(29)17-5-3-2-4-6-17/h2-10,18-19H,11-13H2,1H3,(H2,23,27)(H,24,26)(H,25,28)/t18-,19+,30-/m1/s1. The highest BCUT2D eigenvalue weighted by Crippen LogP contribution is 2.09. The van der Waals surface area contributed by atoms with Crippen LogP contribution in [0.4, 0.5) is 4.39 Å². The minimum atomic E-state index is -1.35. The van der Waals surface area contributed by atoms with Gasteiger partial charge < -0.3 is 16.4 Å². The second-order valence-electron chi connectivity index (χ2n) is 6.70. The quantitative estimate of drug-likeness (QED) is 0.519. The van der Waals surface area contributed by atoms with Crippen molar-refractivity contribution in [2.24, 2.45) is 5.73 Å². The monoisotopic (exact) mass is 433 g/mol. The highest BCUT2D eigenvalue weighted by molar-refractivity contribution is 7.85. The van der Waals surface area contributed by atoms with Gasteiger partial charge in [0, 0.05) is 24.0 Å². The second-order valence-corrected chi connectivity index (χ2v) is 8.27. The highest BCUT2D eigenvalue weighted by Gasteiger charge is 2.25. The van der Waals surface area contributed by atoms with Crippen LogP contribution in [-0.4, -0.2) is 39.8 Å². The molecule has 3 atom stereocenters. The van der Waals surface area contributed by atoms with Gasteiger partial charge in [0.15, 0.2) is 0 Å². The van der Waals surface area contributed by atoms with Crippen LogP contribution in [0.25, 0.3) is 0 Å². The molecule has 0 bridgehead atoms. The Morgan fingerprint density at radius 1 is 1.00 bits per heavy atom. The van der Waals surface area contributed by atoms with Crippen molar-refractivity contribution in [2.75, 3.05) is 5.75 Å². The summed E-state index contributed by atoms with van der Waals surface area (Å²) >= 11 is 0. The number of nitrogens with two attached hydrogens (primary N) is 1. The molecule has 0 unspecified atom stereocenters. The van der Waals surface area contributed by atoms with Crippen LogP contribution in [0.1, 0.15) is 18.9 Å². The number of benzene rings is 2. The molecule has 9 heteroatoms. The lowest BCUT2D eigenvalue weighted by Gasteiger charge is -2.21. The van der Waals surface area contributed by atoms with Crippen molar-refractivity contribution in [3.05, 3.63) is 66.0 Å². The summed E-state index contributed by atoms with van der Waals surface area (Å²) in [5, 5.41) is 5.04. The summed E-state index contributed by atoms with van der Waals surface area (Å²) in [6, 6.07) is 12.2. The number of hydrogen-bond acceptors (Lipinski definition) is 4. The van der Waals surface area contributed by atoms with Gasteiger partial charge >= 0.3 is 0 Å². The fourth-order valence-electron chi connectivity index (χ4n) is 2.78. The summed E-state index contributed by atoms with van der Waals surface area (Å²) in [5.74, 6) is -2.10. The van der Waals surface area contributed by atoms with E-state index in [1.54, 1.807) is 30.3 Å². The molecule has 0 heterocycles. The first-order valence-electron chi connectivity index (χ1n) is 9.31. The Hall–Kier alpha value is -3.07. The number of halogens is 1. The lowest BCUT2D eigenvalue weighted by atomic mass is 10.0. The predicted octanol–water partition coefficient (Wildman–Crippen LogP) is 1.04.